The molecule has 0 aromatic heterocycles. The summed E-state index contributed by atoms with van der Waals surface area (Å²) in [5, 5.41) is 0. The van der Waals surface area contributed by atoms with Crippen molar-refractivity contribution >= 4 is 5.78 Å². The van der Waals surface area contributed by atoms with E-state index < -0.39 is 0 Å². The summed E-state index contributed by atoms with van der Waals surface area (Å²) in [4.78, 5) is 12.2. The lowest BCUT2D eigenvalue weighted by Gasteiger charge is -2.34. The lowest BCUT2D eigenvalue weighted by Crippen LogP contribution is -3.00. The van der Waals surface area contributed by atoms with Gasteiger partial charge in [0.1, 0.15) is 0 Å². The molecule has 2 nitrogen and oxygen atoms in total. The largest absolute Gasteiger partial charge is 1.00 e. The van der Waals surface area contributed by atoms with E-state index in [0.29, 0.717) is 0 Å². The Bertz CT molecular complexity index is 411. The summed E-state index contributed by atoms with van der Waals surface area (Å²) < 4.78 is 0.933. The highest BCUT2D eigenvalue weighted by atomic mass is 35.5. The number of nitrogens with zero attached hydrogens (tertiary/aromatic N) is 1. The van der Waals surface area contributed by atoms with Crippen molar-refractivity contribution in [1.29, 1.82) is 0 Å². The smallest absolute Gasteiger partial charge is 0.191 e. The van der Waals surface area contributed by atoms with Crippen molar-refractivity contribution < 1.29 is 21.7 Å². The van der Waals surface area contributed by atoms with Gasteiger partial charge in [-0.2, -0.15) is 0 Å². The van der Waals surface area contributed by atoms with E-state index in [0.717, 1.165) is 48.9 Å². The Morgan fingerprint density at radius 3 is 1.86 bits per heavy atom. The summed E-state index contributed by atoms with van der Waals surface area (Å²) in [5.41, 5.74) is 0.770. The third-order valence-corrected chi connectivity index (χ3v) is 3.61. The first-order valence-corrected chi connectivity index (χ1v) is 7.82. The zero-order chi connectivity index (χ0) is 14.8. The molecule has 0 spiro atoms. The first kappa shape index (κ1) is 19.9. The van der Waals surface area contributed by atoms with Crippen LogP contribution >= 0.6 is 0 Å². The highest BCUT2D eigenvalue weighted by Gasteiger charge is 2.22. The molecule has 0 atom stereocenters. The Hall–Kier alpha value is -1.12. The highest BCUT2D eigenvalue weighted by Crippen LogP contribution is 2.14. The fraction of sp³-hybridized carbons (Fsp3) is 0.500. The first-order chi connectivity index (χ1) is 9.67. The van der Waals surface area contributed by atoms with E-state index in [-0.39, 0.29) is 18.2 Å². The standard InChI is InChI=1S/C18H28NO.ClH/c1-4-13-19(14-5-2,15-6-3)16-12-18(20)17-10-8-7-9-11-17;/h7-12,16H,4-6,13-15H2,1-3H3;1H/q+1;/p-1/b16-12+;. The third kappa shape index (κ3) is 6.45. The first-order valence-electron chi connectivity index (χ1n) is 7.82. The molecule has 118 valence electrons. The Balaban J connectivity index is 0.00000400. The normalized spacial score (nSPS) is 11.4. The number of hydrogen-bond acceptors (Lipinski definition) is 1. The Kier molecular flexibility index (Phi) is 10.0. The monoisotopic (exact) mass is 309 g/mol. The lowest BCUT2D eigenvalue weighted by atomic mass is 10.1. The van der Waals surface area contributed by atoms with Gasteiger partial charge in [-0.15, -0.1) is 0 Å². The van der Waals surface area contributed by atoms with Crippen molar-refractivity contribution in [2.24, 2.45) is 0 Å². The predicted octanol–water partition coefficient (Wildman–Crippen LogP) is 1.43. The van der Waals surface area contributed by atoms with Crippen LogP contribution in [0.3, 0.4) is 0 Å². The predicted molar refractivity (Wildman–Crippen MR) is 85.6 cm³/mol. The van der Waals surface area contributed by atoms with E-state index in [2.05, 4.69) is 27.0 Å². The molecule has 0 saturated heterocycles. The molecule has 0 aliphatic carbocycles. The molecule has 0 fully saturated rings. The minimum Gasteiger partial charge on any atom is -1.00 e. The number of carbonyl (C=O) groups is 1. The quantitative estimate of drug-likeness (QED) is 0.383. The molecule has 0 amide bonds. The van der Waals surface area contributed by atoms with Gasteiger partial charge < -0.3 is 12.4 Å². The number of quaternary nitrogens is 1. The molecule has 3 heteroatoms. The van der Waals surface area contributed by atoms with Crippen molar-refractivity contribution in [3.63, 3.8) is 0 Å². The summed E-state index contributed by atoms with van der Waals surface area (Å²) in [6.07, 6.45) is 7.33. The zero-order valence-electron chi connectivity index (χ0n) is 13.5. The van der Waals surface area contributed by atoms with Crippen molar-refractivity contribution in [3.8, 4) is 0 Å². The van der Waals surface area contributed by atoms with E-state index in [4.69, 9.17) is 0 Å². The van der Waals surface area contributed by atoms with Crippen LogP contribution in [0.2, 0.25) is 0 Å². The van der Waals surface area contributed by atoms with Crippen LogP contribution in [0.4, 0.5) is 0 Å². The van der Waals surface area contributed by atoms with Crippen molar-refractivity contribution in [2.75, 3.05) is 19.6 Å². The van der Waals surface area contributed by atoms with E-state index in [9.17, 15) is 4.79 Å². The summed E-state index contributed by atoms with van der Waals surface area (Å²) in [6.45, 7) is 9.97. The fourth-order valence-electron chi connectivity index (χ4n) is 2.82. The molecule has 0 unspecified atom stereocenters. The number of allylic oxidation sites excluding steroid dienone is 1. The number of carbonyl (C=O) groups excluding carboxylic acids is 1. The van der Waals surface area contributed by atoms with E-state index >= 15 is 0 Å². The second-order valence-corrected chi connectivity index (χ2v) is 5.44. The van der Waals surface area contributed by atoms with Crippen LogP contribution in [0.5, 0.6) is 0 Å². The molecule has 0 aliphatic heterocycles. The minimum atomic E-state index is 0. The molecule has 0 saturated carbocycles. The highest BCUT2D eigenvalue weighted by molar-refractivity contribution is 6.04. The van der Waals surface area contributed by atoms with Gasteiger partial charge in [0.25, 0.3) is 0 Å². The lowest BCUT2D eigenvalue weighted by molar-refractivity contribution is -0.879. The molecule has 0 bridgehead atoms. The average molecular weight is 310 g/mol. The van der Waals surface area contributed by atoms with Crippen LogP contribution < -0.4 is 12.4 Å². The van der Waals surface area contributed by atoms with Gasteiger partial charge in [-0.25, -0.2) is 0 Å². The van der Waals surface area contributed by atoms with Crippen LogP contribution in [0.1, 0.15) is 50.4 Å². The van der Waals surface area contributed by atoms with Gasteiger partial charge in [-0.3, -0.25) is 9.28 Å². The maximum atomic E-state index is 12.2. The number of rotatable bonds is 9. The topological polar surface area (TPSA) is 17.1 Å². The van der Waals surface area contributed by atoms with E-state index in [1.807, 2.05) is 30.3 Å². The molecule has 0 radical (unpaired) electrons. The number of ketones is 1. The summed E-state index contributed by atoms with van der Waals surface area (Å²) >= 11 is 0. The van der Waals surface area contributed by atoms with Gasteiger partial charge in [-0.05, 0) is 19.3 Å². The van der Waals surface area contributed by atoms with Crippen molar-refractivity contribution in [3.05, 3.63) is 48.2 Å². The van der Waals surface area contributed by atoms with Crippen LogP contribution in [0, 0.1) is 0 Å². The second-order valence-electron chi connectivity index (χ2n) is 5.44. The van der Waals surface area contributed by atoms with Crippen molar-refractivity contribution in [1.82, 2.24) is 0 Å². The van der Waals surface area contributed by atoms with E-state index in [1.54, 1.807) is 6.08 Å². The number of halogens is 1. The van der Waals surface area contributed by atoms with Gasteiger partial charge in [0.15, 0.2) is 5.78 Å². The molecule has 1 aromatic carbocycles. The molecule has 1 aromatic rings. The van der Waals surface area contributed by atoms with Gasteiger partial charge in [-0.1, -0.05) is 51.1 Å². The maximum absolute atomic E-state index is 12.2. The van der Waals surface area contributed by atoms with Crippen LogP contribution in [-0.2, 0) is 0 Å². The Morgan fingerprint density at radius 1 is 0.952 bits per heavy atom. The minimum absolute atomic E-state index is 0. The van der Waals surface area contributed by atoms with Gasteiger partial charge in [0.05, 0.1) is 25.8 Å². The molecule has 0 aliphatic rings. The molecule has 1 rings (SSSR count). The van der Waals surface area contributed by atoms with Crippen LogP contribution in [0.15, 0.2) is 42.6 Å². The van der Waals surface area contributed by atoms with Crippen LogP contribution in [0.25, 0.3) is 0 Å². The Labute approximate surface area is 135 Å². The SMILES string of the molecule is CCC[N+](/C=C/C(=O)c1ccccc1)(CCC)CCC.[Cl-]. The molecule has 0 N–H and O–H groups in total. The second kappa shape index (κ2) is 10.6. The molecule has 0 heterocycles. The van der Waals surface area contributed by atoms with Crippen LogP contribution in [-0.4, -0.2) is 29.9 Å². The Morgan fingerprint density at radius 2 is 1.43 bits per heavy atom. The zero-order valence-corrected chi connectivity index (χ0v) is 14.3. The van der Waals surface area contributed by atoms with Gasteiger partial charge >= 0.3 is 0 Å². The fourth-order valence-corrected chi connectivity index (χ4v) is 2.82. The maximum Gasteiger partial charge on any atom is 0.191 e. The van der Waals surface area contributed by atoms with Gasteiger partial charge in [0, 0.05) is 11.6 Å². The number of benzene rings is 1. The molecule has 21 heavy (non-hydrogen) atoms. The molecular weight excluding hydrogens is 282 g/mol. The number of hydrogen-bond donors (Lipinski definition) is 0. The summed E-state index contributed by atoms with van der Waals surface area (Å²) in [6, 6.07) is 9.51. The molecular formula is C18H28ClNO. The average Bonchev–Trinajstić information content (AvgIpc) is 2.46. The summed E-state index contributed by atoms with van der Waals surface area (Å²) in [5.74, 6) is 0.108. The van der Waals surface area contributed by atoms with Crippen molar-refractivity contribution in [2.45, 2.75) is 40.0 Å². The van der Waals surface area contributed by atoms with Gasteiger partial charge in [0.2, 0.25) is 0 Å². The van der Waals surface area contributed by atoms with E-state index in [1.165, 1.54) is 0 Å². The summed E-state index contributed by atoms with van der Waals surface area (Å²) in [7, 11) is 0. The third-order valence-electron chi connectivity index (χ3n) is 3.61.